The molecule has 0 aliphatic carbocycles. The molecule has 3 aromatic rings. The lowest BCUT2D eigenvalue weighted by atomic mass is 10.1. The van der Waals surface area contributed by atoms with Crippen molar-refractivity contribution in [1.29, 1.82) is 0 Å². The van der Waals surface area contributed by atoms with Gasteiger partial charge >= 0.3 is 0 Å². The van der Waals surface area contributed by atoms with Crippen molar-refractivity contribution in [2.75, 3.05) is 0 Å². The first-order valence-corrected chi connectivity index (χ1v) is 4.97. The maximum Gasteiger partial charge on any atom is 0.273 e. The summed E-state index contributed by atoms with van der Waals surface area (Å²) in [5.74, 6) is 0. The number of hydrogen-bond donors (Lipinski definition) is 2. The summed E-state index contributed by atoms with van der Waals surface area (Å²) >= 11 is 0. The number of benzene rings is 1. The molecular weight excluding hydrogens is 202 g/mol. The molecule has 0 fully saturated rings. The Labute approximate surface area is 90.9 Å². The second kappa shape index (κ2) is 3.34. The molecule has 1 aromatic carbocycles. The minimum atomic E-state index is -0.150. The van der Waals surface area contributed by atoms with Crippen molar-refractivity contribution in [1.82, 2.24) is 15.2 Å². The number of para-hydroxylation sites is 1. The zero-order chi connectivity index (χ0) is 11.0. The van der Waals surface area contributed by atoms with E-state index in [0.29, 0.717) is 11.3 Å². The van der Waals surface area contributed by atoms with E-state index in [-0.39, 0.29) is 5.56 Å². The van der Waals surface area contributed by atoms with Crippen molar-refractivity contribution >= 4 is 10.9 Å². The molecule has 78 valence electrons. The van der Waals surface area contributed by atoms with Crippen LogP contribution in [0.15, 0.2) is 47.4 Å². The quantitative estimate of drug-likeness (QED) is 0.646. The molecule has 0 aliphatic rings. The summed E-state index contributed by atoms with van der Waals surface area (Å²) in [7, 11) is 0. The van der Waals surface area contributed by atoms with Gasteiger partial charge in [-0.1, -0.05) is 24.3 Å². The molecule has 4 heteroatoms. The Bertz CT molecular complexity index is 696. The van der Waals surface area contributed by atoms with E-state index in [0.717, 1.165) is 10.9 Å². The SMILES string of the molecule is O=c1[nH][nH]cc1-c1ccc2ccccc2n1. The summed E-state index contributed by atoms with van der Waals surface area (Å²) in [4.78, 5) is 15.9. The highest BCUT2D eigenvalue weighted by molar-refractivity contribution is 5.81. The van der Waals surface area contributed by atoms with Crippen LogP contribution in [0.2, 0.25) is 0 Å². The van der Waals surface area contributed by atoms with E-state index >= 15 is 0 Å². The van der Waals surface area contributed by atoms with Gasteiger partial charge in [-0.2, -0.15) is 0 Å². The zero-order valence-corrected chi connectivity index (χ0v) is 8.40. The predicted octanol–water partition coefficient (Wildman–Crippen LogP) is 1.92. The first-order chi connectivity index (χ1) is 7.84. The highest BCUT2D eigenvalue weighted by Crippen LogP contribution is 2.17. The summed E-state index contributed by atoms with van der Waals surface area (Å²) in [6.45, 7) is 0. The van der Waals surface area contributed by atoms with Gasteiger partial charge in [-0.15, -0.1) is 0 Å². The molecule has 2 N–H and O–H groups in total. The molecule has 2 aromatic heterocycles. The fraction of sp³-hybridized carbons (Fsp3) is 0. The van der Waals surface area contributed by atoms with E-state index in [1.54, 1.807) is 6.20 Å². The normalized spacial score (nSPS) is 10.8. The average molecular weight is 211 g/mol. The molecule has 0 radical (unpaired) electrons. The first-order valence-electron chi connectivity index (χ1n) is 4.97. The van der Waals surface area contributed by atoms with Crippen LogP contribution in [-0.2, 0) is 0 Å². The molecule has 0 saturated carbocycles. The number of nitrogens with zero attached hydrogens (tertiary/aromatic N) is 1. The van der Waals surface area contributed by atoms with Crippen LogP contribution in [0.4, 0.5) is 0 Å². The number of rotatable bonds is 1. The topological polar surface area (TPSA) is 61.5 Å². The van der Waals surface area contributed by atoms with Crippen LogP contribution in [0, 0.1) is 0 Å². The van der Waals surface area contributed by atoms with Gasteiger partial charge in [0.05, 0.1) is 16.8 Å². The van der Waals surface area contributed by atoms with Crippen LogP contribution in [0.5, 0.6) is 0 Å². The summed E-state index contributed by atoms with van der Waals surface area (Å²) in [6.07, 6.45) is 1.62. The lowest BCUT2D eigenvalue weighted by Crippen LogP contribution is -2.02. The van der Waals surface area contributed by atoms with Gasteiger partial charge in [0, 0.05) is 11.6 Å². The van der Waals surface area contributed by atoms with Crippen molar-refractivity contribution in [2.45, 2.75) is 0 Å². The number of pyridine rings is 1. The Kier molecular flexibility index (Phi) is 1.86. The number of aromatic amines is 2. The third-order valence-corrected chi connectivity index (χ3v) is 2.52. The van der Waals surface area contributed by atoms with Gasteiger partial charge in [0.1, 0.15) is 0 Å². The van der Waals surface area contributed by atoms with E-state index in [1.807, 2.05) is 36.4 Å². The molecule has 2 heterocycles. The third kappa shape index (κ3) is 1.32. The van der Waals surface area contributed by atoms with Crippen LogP contribution in [-0.4, -0.2) is 15.2 Å². The van der Waals surface area contributed by atoms with E-state index < -0.39 is 0 Å². The largest absolute Gasteiger partial charge is 0.305 e. The third-order valence-electron chi connectivity index (χ3n) is 2.52. The van der Waals surface area contributed by atoms with Crippen molar-refractivity contribution in [3.8, 4) is 11.3 Å². The molecule has 0 bridgehead atoms. The number of hydrogen-bond acceptors (Lipinski definition) is 2. The second-order valence-corrected chi connectivity index (χ2v) is 3.55. The zero-order valence-electron chi connectivity index (χ0n) is 8.40. The summed E-state index contributed by atoms with van der Waals surface area (Å²) in [5, 5.41) is 6.23. The van der Waals surface area contributed by atoms with Crippen LogP contribution >= 0.6 is 0 Å². The summed E-state index contributed by atoms with van der Waals surface area (Å²) in [5.41, 5.74) is 1.98. The van der Waals surface area contributed by atoms with Gasteiger partial charge in [-0.25, -0.2) is 4.98 Å². The predicted molar refractivity (Wildman–Crippen MR) is 62.2 cm³/mol. The highest BCUT2D eigenvalue weighted by atomic mass is 16.1. The lowest BCUT2D eigenvalue weighted by molar-refractivity contribution is 1.06. The molecule has 0 aliphatic heterocycles. The van der Waals surface area contributed by atoms with Crippen molar-refractivity contribution in [3.63, 3.8) is 0 Å². The smallest absolute Gasteiger partial charge is 0.273 e. The first kappa shape index (κ1) is 8.91. The minimum Gasteiger partial charge on any atom is -0.305 e. The molecule has 0 amide bonds. The fourth-order valence-corrected chi connectivity index (χ4v) is 1.71. The fourth-order valence-electron chi connectivity index (χ4n) is 1.71. The summed E-state index contributed by atoms with van der Waals surface area (Å²) < 4.78 is 0. The van der Waals surface area contributed by atoms with Gasteiger partial charge in [0.25, 0.3) is 5.56 Å². The monoisotopic (exact) mass is 211 g/mol. The molecule has 0 atom stereocenters. The lowest BCUT2D eigenvalue weighted by Gasteiger charge is -1.99. The van der Waals surface area contributed by atoms with Gasteiger partial charge < -0.3 is 5.10 Å². The maximum atomic E-state index is 11.4. The van der Waals surface area contributed by atoms with E-state index in [1.165, 1.54) is 0 Å². The Morgan fingerprint density at radius 1 is 1.06 bits per heavy atom. The number of nitrogens with one attached hydrogen (secondary N) is 2. The van der Waals surface area contributed by atoms with Gasteiger partial charge in [-0.05, 0) is 12.1 Å². The van der Waals surface area contributed by atoms with E-state index in [9.17, 15) is 4.79 Å². The van der Waals surface area contributed by atoms with E-state index in [4.69, 9.17) is 0 Å². The van der Waals surface area contributed by atoms with E-state index in [2.05, 4.69) is 15.2 Å². The molecule has 4 nitrogen and oxygen atoms in total. The Hall–Kier alpha value is -2.36. The standard InChI is InChI=1S/C12H9N3O/c16-12-9(7-13-15-12)11-6-5-8-3-1-2-4-10(8)14-11/h1-7H,(H2,13,15,16). The molecule has 3 rings (SSSR count). The van der Waals surface area contributed by atoms with Gasteiger partial charge in [0.15, 0.2) is 0 Å². The number of fused-ring (bicyclic) bond motifs is 1. The molecule has 0 spiro atoms. The van der Waals surface area contributed by atoms with Gasteiger partial charge in [0.2, 0.25) is 0 Å². The van der Waals surface area contributed by atoms with Crippen molar-refractivity contribution in [2.24, 2.45) is 0 Å². The summed E-state index contributed by atoms with van der Waals surface area (Å²) in [6, 6.07) is 11.6. The Balaban J connectivity index is 2.27. The van der Waals surface area contributed by atoms with Crippen LogP contribution in [0.25, 0.3) is 22.2 Å². The minimum absolute atomic E-state index is 0.150. The van der Waals surface area contributed by atoms with Crippen LogP contribution in [0.3, 0.4) is 0 Å². The second-order valence-electron chi connectivity index (χ2n) is 3.55. The number of H-pyrrole nitrogens is 2. The van der Waals surface area contributed by atoms with Crippen molar-refractivity contribution < 1.29 is 0 Å². The van der Waals surface area contributed by atoms with Crippen molar-refractivity contribution in [3.05, 3.63) is 52.9 Å². The van der Waals surface area contributed by atoms with Crippen LogP contribution < -0.4 is 5.56 Å². The van der Waals surface area contributed by atoms with Gasteiger partial charge in [-0.3, -0.25) is 9.89 Å². The Morgan fingerprint density at radius 3 is 2.75 bits per heavy atom. The molecule has 16 heavy (non-hydrogen) atoms. The number of aromatic nitrogens is 3. The maximum absolute atomic E-state index is 11.4. The molecule has 0 unspecified atom stereocenters. The molecule has 0 saturated heterocycles. The molecular formula is C12H9N3O. The van der Waals surface area contributed by atoms with Crippen LogP contribution in [0.1, 0.15) is 0 Å². The Morgan fingerprint density at radius 2 is 1.94 bits per heavy atom. The highest BCUT2D eigenvalue weighted by Gasteiger charge is 2.05. The average Bonchev–Trinajstić information content (AvgIpc) is 2.75.